The van der Waals surface area contributed by atoms with Gasteiger partial charge in [-0.1, -0.05) is 18.2 Å². The molecular weight excluding hydrogens is 350 g/mol. The molecule has 6 heteroatoms. The Labute approximate surface area is 163 Å². The summed E-state index contributed by atoms with van der Waals surface area (Å²) in [5.41, 5.74) is 3.71. The van der Waals surface area contributed by atoms with Crippen LogP contribution in [0.5, 0.6) is 0 Å². The van der Waals surface area contributed by atoms with E-state index in [4.69, 9.17) is 0 Å². The fourth-order valence-electron chi connectivity index (χ4n) is 3.15. The van der Waals surface area contributed by atoms with Crippen molar-refractivity contribution in [2.45, 2.75) is 0 Å². The van der Waals surface area contributed by atoms with Crippen LogP contribution < -0.4 is 5.32 Å². The van der Waals surface area contributed by atoms with Crippen LogP contribution in [0.3, 0.4) is 0 Å². The molecule has 0 aliphatic carbocycles. The van der Waals surface area contributed by atoms with Crippen LogP contribution in [0.25, 0.3) is 21.9 Å². The monoisotopic (exact) mass is 371 g/mol. The molecule has 28 heavy (non-hydrogen) atoms. The Kier molecular flexibility index (Phi) is 4.53. The average molecular weight is 371 g/mol. The van der Waals surface area contributed by atoms with E-state index < -0.39 is 0 Å². The van der Waals surface area contributed by atoms with Gasteiger partial charge in [-0.15, -0.1) is 0 Å². The molecule has 6 nitrogen and oxygen atoms in total. The first-order valence-electron chi connectivity index (χ1n) is 8.98. The number of rotatable bonds is 4. The Balaban J connectivity index is 1.65. The van der Waals surface area contributed by atoms with E-state index in [-0.39, 0.29) is 5.91 Å². The van der Waals surface area contributed by atoms with Gasteiger partial charge in [0.2, 0.25) is 0 Å². The molecule has 0 bridgehead atoms. The molecule has 2 heterocycles. The highest BCUT2D eigenvalue weighted by Gasteiger charge is 2.09. The van der Waals surface area contributed by atoms with Crippen molar-refractivity contribution in [2.24, 2.45) is 7.05 Å². The van der Waals surface area contributed by atoms with E-state index in [2.05, 4.69) is 21.5 Å². The predicted molar refractivity (Wildman–Crippen MR) is 112 cm³/mol. The Morgan fingerprint density at radius 1 is 1.07 bits per heavy atom. The molecule has 2 aromatic heterocycles. The van der Waals surface area contributed by atoms with Gasteiger partial charge in [-0.05, 0) is 41.3 Å². The quantitative estimate of drug-likeness (QED) is 0.587. The first kappa shape index (κ1) is 17.7. The van der Waals surface area contributed by atoms with Crippen LogP contribution in [0.15, 0.2) is 67.1 Å². The molecule has 4 aromatic rings. The van der Waals surface area contributed by atoms with Gasteiger partial charge in [-0.25, -0.2) is 4.98 Å². The molecule has 0 fully saturated rings. The summed E-state index contributed by atoms with van der Waals surface area (Å²) in [6.45, 7) is 0. The highest BCUT2D eigenvalue weighted by Crippen LogP contribution is 2.30. The second kappa shape index (κ2) is 7.15. The number of nitrogens with one attached hydrogen (secondary N) is 1. The molecule has 0 aliphatic heterocycles. The maximum Gasteiger partial charge on any atom is 0.253 e. The van der Waals surface area contributed by atoms with Crippen molar-refractivity contribution in [3.05, 3.63) is 72.7 Å². The van der Waals surface area contributed by atoms with Crippen LogP contribution in [0, 0.1) is 0 Å². The summed E-state index contributed by atoms with van der Waals surface area (Å²) in [4.78, 5) is 18.1. The maximum absolute atomic E-state index is 12.0. The van der Waals surface area contributed by atoms with Gasteiger partial charge in [0.15, 0.2) is 0 Å². The van der Waals surface area contributed by atoms with Crippen molar-refractivity contribution in [2.75, 3.05) is 19.4 Å². The van der Waals surface area contributed by atoms with Crippen molar-refractivity contribution in [3.8, 4) is 11.1 Å². The molecule has 140 valence electrons. The molecule has 1 N–H and O–H groups in total. The molecule has 0 radical (unpaired) electrons. The molecule has 0 unspecified atom stereocenters. The number of aryl methyl sites for hydroxylation is 1. The van der Waals surface area contributed by atoms with Crippen LogP contribution in [-0.2, 0) is 7.05 Å². The van der Waals surface area contributed by atoms with Crippen LogP contribution in [-0.4, -0.2) is 39.7 Å². The molecule has 4 rings (SSSR count). The summed E-state index contributed by atoms with van der Waals surface area (Å²) in [5, 5.41) is 9.77. The number of hydrogen-bond donors (Lipinski definition) is 1. The largest absolute Gasteiger partial charge is 0.345 e. The minimum Gasteiger partial charge on any atom is -0.345 e. The van der Waals surface area contributed by atoms with E-state index in [1.165, 1.54) is 0 Å². The third kappa shape index (κ3) is 3.44. The van der Waals surface area contributed by atoms with Crippen LogP contribution >= 0.6 is 0 Å². The van der Waals surface area contributed by atoms with E-state index in [0.717, 1.165) is 33.4 Å². The van der Waals surface area contributed by atoms with Crippen LogP contribution in [0.2, 0.25) is 0 Å². The standard InChI is InChI=1S/C22H21N5O/c1-26(2)22(28)15-7-9-18(10-8-15)25-21-11-20-16(12-23-21)5-4-6-19(20)17-13-24-27(3)14-17/h4-14H,1-3H3,(H,23,25). The van der Waals surface area contributed by atoms with Gasteiger partial charge >= 0.3 is 0 Å². The summed E-state index contributed by atoms with van der Waals surface area (Å²) in [6, 6.07) is 15.6. The second-order valence-electron chi connectivity index (χ2n) is 6.90. The van der Waals surface area contributed by atoms with E-state index in [9.17, 15) is 4.79 Å². The lowest BCUT2D eigenvalue weighted by Crippen LogP contribution is -2.21. The normalized spacial score (nSPS) is 10.8. The number of pyridine rings is 1. The number of hydrogen-bond acceptors (Lipinski definition) is 4. The number of anilines is 2. The number of amides is 1. The first-order chi connectivity index (χ1) is 13.5. The zero-order valence-electron chi connectivity index (χ0n) is 16.0. The maximum atomic E-state index is 12.0. The molecule has 0 saturated heterocycles. The summed E-state index contributed by atoms with van der Waals surface area (Å²) >= 11 is 0. The van der Waals surface area contributed by atoms with Gasteiger partial charge in [-0.3, -0.25) is 9.48 Å². The molecule has 2 aromatic carbocycles. The van der Waals surface area contributed by atoms with Crippen molar-refractivity contribution in [3.63, 3.8) is 0 Å². The highest BCUT2D eigenvalue weighted by molar-refractivity contribution is 5.97. The number of nitrogens with zero attached hydrogens (tertiary/aromatic N) is 4. The van der Waals surface area contributed by atoms with E-state index in [1.807, 2.05) is 68.1 Å². The van der Waals surface area contributed by atoms with Gasteiger partial charge in [0.05, 0.1) is 6.20 Å². The van der Waals surface area contributed by atoms with Crippen molar-refractivity contribution in [1.82, 2.24) is 19.7 Å². The third-order valence-electron chi connectivity index (χ3n) is 4.59. The Morgan fingerprint density at radius 2 is 1.86 bits per heavy atom. The molecule has 0 atom stereocenters. The van der Waals surface area contributed by atoms with Gasteiger partial charge in [0.1, 0.15) is 5.82 Å². The van der Waals surface area contributed by atoms with E-state index in [0.29, 0.717) is 5.56 Å². The third-order valence-corrected chi connectivity index (χ3v) is 4.59. The zero-order chi connectivity index (χ0) is 19.7. The Bertz CT molecular complexity index is 1150. The summed E-state index contributed by atoms with van der Waals surface area (Å²) < 4.78 is 1.80. The van der Waals surface area contributed by atoms with Crippen LogP contribution in [0.4, 0.5) is 11.5 Å². The number of carbonyl (C=O) groups is 1. The van der Waals surface area contributed by atoms with Gasteiger partial charge in [0.25, 0.3) is 5.91 Å². The minimum atomic E-state index is -0.0171. The Morgan fingerprint density at radius 3 is 2.54 bits per heavy atom. The van der Waals surface area contributed by atoms with Crippen molar-refractivity contribution in [1.29, 1.82) is 0 Å². The van der Waals surface area contributed by atoms with Crippen molar-refractivity contribution < 1.29 is 4.79 Å². The average Bonchev–Trinajstić information content (AvgIpc) is 3.13. The fraction of sp³-hybridized carbons (Fsp3) is 0.136. The molecule has 0 saturated carbocycles. The number of carbonyl (C=O) groups excluding carboxylic acids is 1. The molecule has 1 amide bonds. The summed E-state index contributed by atoms with van der Waals surface area (Å²) in [7, 11) is 5.40. The highest BCUT2D eigenvalue weighted by atomic mass is 16.2. The number of benzene rings is 2. The predicted octanol–water partition coefficient (Wildman–Crippen LogP) is 4.08. The minimum absolute atomic E-state index is 0.0171. The number of fused-ring (bicyclic) bond motifs is 1. The molecule has 0 aliphatic rings. The number of aromatic nitrogens is 3. The molecular formula is C22H21N5O. The summed E-state index contributed by atoms with van der Waals surface area (Å²) in [5.74, 6) is 0.729. The lowest BCUT2D eigenvalue weighted by molar-refractivity contribution is 0.0827. The first-order valence-corrected chi connectivity index (χ1v) is 8.98. The Hall–Kier alpha value is -3.67. The molecule has 0 spiro atoms. The SMILES string of the molecule is CN(C)C(=O)c1ccc(Nc2cc3c(-c4cnn(C)c4)cccc3cn2)cc1. The lowest BCUT2D eigenvalue weighted by atomic mass is 10.0. The summed E-state index contributed by atoms with van der Waals surface area (Å²) in [6.07, 6.45) is 5.73. The fourth-order valence-corrected chi connectivity index (χ4v) is 3.15. The second-order valence-corrected chi connectivity index (χ2v) is 6.90. The van der Waals surface area contributed by atoms with Gasteiger partial charge in [-0.2, -0.15) is 5.10 Å². The van der Waals surface area contributed by atoms with E-state index >= 15 is 0 Å². The smallest absolute Gasteiger partial charge is 0.253 e. The van der Waals surface area contributed by atoms with Gasteiger partial charge < -0.3 is 10.2 Å². The zero-order valence-corrected chi connectivity index (χ0v) is 16.0. The van der Waals surface area contributed by atoms with Gasteiger partial charge in [0, 0.05) is 55.7 Å². The lowest BCUT2D eigenvalue weighted by Gasteiger charge is -2.12. The van der Waals surface area contributed by atoms with Crippen LogP contribution in [0.1, 0.15) is 10.4 Å². The topological polar surface area (TPSA) is 63.1 Å². The van der Waals surface area contributed by atoms with E-state index in [1.54, 1.807) is 23.7 Å². The van der Waals surface area contributed by atoms with Crippen molar-refractivity contribution >= 4 is 28.2 Å².